The fourth-order valence-corrected chi connectivity index (χ4v) is 4.88. The third-order valence-corrected chi connectivity index (χ3v) is 6.63. The van der Waals surface area contributed by atoms with Crippen LogP contribution in [0.4, 0.5) is 8.78 Å². The van der Waals surface area contributed by atoms with Gasteiger partial charge >= 0.3 is 5.97 Å². The summed E-state index contributed by atoms with van der Waals surface area (Å²) in [7, 11) is 0. The molecule has 0 spiro atoms. The molecule has 0 bridgehead atoms. The Labute approximate surface area is 212 Å². The molecule has 1 N–H and O–H groups in total. The van der Waals surface area contributed by atoms with Crippen LogP contribution in [-0.2, 0) is 9.53 Å². The van der Waals surface area contributed by atoms with Gasteiger partial charge in [-0.05, 0) is 78.4 Å². The number of benzene rings is 3. The number of hydrogen-bond acceptors (Lipinski definition) is 5. The lowest BCUT2D eigenvalue weighted by atomic mass is 9.77. The van der Waals surface area contributed by atoms with Crippen molar-refractivity contribution in [2.45, 2.75) is 25.3 Å². The molecule has 8 heteroatoms. The predicted octanol–water partition coefficient (Wildman–Crippen LogP) is 5.65. The maximum atomic E-state index is 13.7. The average molecular weight is 503 g/mol. The van der Waals surface area contributed by atoms with Crippen molar-refractivity contribution in [1.82, 2.24) is 5.01 Å². The third kappa shape index (κ3) is 5.14. The molecule has 2 aliphatic rings. The van der Waals surface area contributed by atoms with Crippen molar-refractivity contribution >= 4 is 23.7 Å². The molecule has 37 heavy (non-hydrogen) atoms. The summed E-state index contributed by atoms with van der Waals surface area (Å²) in [5, 5.41) is 15.9. The van der Waals surface area contributed by atoms with Crippen LogP contribution in [-0.4, -0.2) is 34.3 Å². The zero-order valence-corrected chi connectivity index (χ0v) is 19.8. The second-order valence-corrected chi connectivity index (χ2v) is 9.03. The van der Waals surface area contributed by atoms with Crippen molar-refractivity contribution in [2.75, 3.05) is 6.61 Å². The van der Waals surface area contributed by atoms with Gasteiger partial charge in [-0.2, -0.15) is 5.10 Å². The first-order chi connectivity index (χ1) is 17.9. The number of carbonyl (C=O) groups is 2. The molecule has 188 valence electrons. The highest BCUT2D eigenvalue weighted by Gasteiger charge is 2.43. The third-order valence-electron chi connectivity index (χ3n) is 6.63. The van der Waals surface area contributed by atoms with Crippen molar-refractivity contribution < 1.29 is 28.2 Å². The molecule has 1 heterocycles. The topological polar surface area (TPSA) is 79.2 Å². The lowest BCUT2D eigenvalue weighted by molar-refractivity contribution is -0.137. The van der Waals surface area contributed by atoms with Crippen LogP contribution in [0.2, 0.25) is 0 Å². The number of phenols is 1. The maximum Gasteiger partial charge on any atom is 0.342 e. The van der Waals surface area contributed by atoms with Crippen LogP contribution < -0.4 is 0 Å². The number of nitrogens with zero attached hydrogens (tertiary/aromatic N) is 2. The summed E-state index contributed by atoms with van der Waals surface area (Å²) in [5.41, 5.74) is 3.17. The van der Waals surface area contributed by atoms with Gasteiger partial charge in [0.1, 0.15) is 22.9 Å². The Bertz CT molecular complexity index is 1380. The molecule has 2 atom stereocenters. The lowest BCUT2D eigenvalue weighted by Gasteiger charge is -2.29. The van der Waals surface area contributed by atoms with Crippen molar-refractivity contribution in [3.63, 3.8) is 0 Å². The Morgan fingerprint density at radius 1 is 1.00 bits per heavy atom. The standard InChI is InChI=1S/C29H24F2N2O4/c30-21-12-8-18(9-13-21)16-20-4-3-6-24-27(20)32-33(28(24)19-10-14-22(31)15-11-19)26(35)17-37-29(36)23-5-1-2-7-25(23)34/h1-2,5,7-16,24,28,34H,3-4,6,17H2/b20-16-. The van der Waals surface area contributed by atoms with Gasteiger partial charge < -0.3 is 9.84 Å². The normalized spacial score (nSPS) is 19.9. The average Bonchev–Trinajstić information content (AvgIpc) is 3.30. The second kappa shape index (κ2) is 10.3. The van der Waals surface area contributed by atoms with E-state index >= 15 is 0 Å². The first kappa shape index (κ1) is 24.4. The maximum absolute atomic E-state index is 13.7. The van der Waals surface area contributed by atoms with Gasteiger partial charge in [0.2, 0.25) is 0 Å². The highest BCUT2D eigenvalue weighted by Crippen LogP contribution is 2.44. The van der Waals surface area contributed by atoms with E-state index < -0.39 is 30.3 Å². The van der Waals surface area contributed by atoms with Crippen LogP contribution in [0.3, 0.4) is 0 Å². The number of allylic oxidation sites excluding steroid dienone is 1. The van der Waals surface area contributed by atoms with Crippen LogP contribution in [0.1, 0.15) is 46.8 Å². The van der Waals surface area contributed by atoms with E-state index in [2.05, 4.69) is 5.10 Å². The fourth-order valence-electron chi connectivity index (χ4n) is 4.88. The number of aromatic hydroxyl groups is 1. The van der Waals surface area contributed by atoms with Gasteiger partial charge in [-0.15, -0.1) is 0 Å². The number of hydrogen-bond donors (Lipinski definition) is 1. The largest absolute Gasteiger partial charge is 0.507 e. The smallest absolute Gasteiger partial charge is 0.342 e. The zero-order chi connectivity index (χ0) is 25.9. The number of fused-ring (bicyclic) bond motifs is 1. The van der Waals surface area contributed by atoms with Crippen LogP contribution in [0.5, 0.6) is 5.75 Å². The number of ether oxygens (including phenoxy) is 1. The molecule has 1 saturated carbocycles. The van der Waals surface area contributed by atoms with Gasteiger partial charge in [0, 0.05) is 5.92 Å². The summed E-state index contributed by atoms with van der Waals surface area (Å²) in [6.45, 7) is -0.578. The van der Waals surface area contributed by atoms with Crippen LogP contribution in [0.15, 0.2) is 83.5 Å². The van der Waals surface area contributed by atoms with E-state index in [9.17, 15) is 23.5 Å². The molecule has 1 amide bonds. The summed E-state index contributed by atoms with van der Waals surface area (Å²) in [6.07, 6.45) is 4.31. The summed E-state index contributed by atoms with van der Waals surface area (Å²) in [6, 6.07) is 17.5. The van der Waals surface area contributed by atoms with Gasteiger partial charge in [0.05, 0.1) is 11.8 Å². The Balaban J connectivity index is 1.44. The molecular formula is C29H24F2N2O4. The van der Waals surface area contributed by atoms with Gasteiger partial charge in [0.15, 0.2) is 6.61 Å². The lowest BCUT2D eigenvalue weighted by Crippen LogP contribution is -2.34. The zero-order valence-electron chi connectivity index (χ0n) is 19.8. The first-order valence-electron chi connectivity index (χ1n) is 12.0. The number of amides is 1. The van der Waals surface area contributed by atoms with Crippen molar-refractivity contribution in [3.05, 3.63) is 107 Å². The van der Waals surface area contributed by atoms with E-state index in [1.54, 1.807) is 36.4 Å². The highest BCUT2D eigenvalue weighted by molar-refractivity contribution is 6.08. The Morgan fingerprint density at radius 2 is 1.68 bits per heavy atom. The SMILES string of the molecule is O=C(OCC(=O)N1N=C2/C(=C\c3ccc(F)cc3)CCCC2C1c1ccc(F)cc1)c1ccccc1O. The number of hydrazone groups is 1. The molecule has 1 fully saturated rings. The number of phenolic OH excluding ortho intramolecular Hbond substituents is 1. The molecule has 6 nitrogen and oxygen atoms in total. The number of para-hydroxylation sites is 1. The summed E-state index contributed by atoms with van der Waals surface area (Å²) in [4.78, 5) is 25.7. The molecule has 0 saturated heterocycles. The quantitative estimate of drug-likeness (QED) is 0.458. The molecular weight excluding hydrogens is 478 g/mol. The molecule has 0 radical (unpaired) electrons. The van der Waals surface area contributed by atoms with Crippen LogP contribution in [0.25, 0.3) is 6.08 Å². The van der Waals surface area contributed by atoms with E-state index in [4.69, 9.17) is 4.74 Å². The molecule has 0 aromatic heterocycles. The Kier molecular flexibility index (Phi) is 6.81. The van der Waals surface area contributed by atoms with Crippen LogP contribution >= 0.6 is 0 Å². The fraction of sp³-hybridized carbons (Fsp3) is 0.207. The van der Waals surface area contributed by atoms with E-state index in [1.165, 1.54) is 41.4 Å². The van der Waals surface area contributed by atoms with E-state index in [0.717, 1.165) is 36.1 Å². The Morgan fingerprint density at radius 3 is 2.38 bits per heavy atom. The minimum atomic E-state index is -0.828. The van der Waals surface area contributed by atoms with E-state index in [0.29, 0.717) is 5.56 Å². The van der Waals surface area contributed by atoms with Crippen molar-refractivity contribution in [2.24, 2.45) is 11.0 Å². The molecule has 3 aromatic carbocycles. The Hall–Kier alpha value is -4.33. The number of rotatable bonds is 5. The number of halogens is 2. The van der Waals surface area contributed by atoms with Gasteiger partial charge in [0.25, 0.3) is 5.91 Å². The number of esters is 1. The number of carbonyl (C=O) groups excluding carboxylic acids is 2. The molecule has 3 aromatic rings. The summed E-state index contributed by atoms with van der Waals surface area (Å²) < 4.78 is 32.3. The minimum Gasteiger partial charge on any atom is -0.507 e. The predicted molar refractivity (Wildman–Crippen MR) is 134 cm³/mol. The van der Waals surface area contributed by atoms with Gasteiger partial charge in [-0.1, -0.05) is 36.4 Å². The van der Waals surface area contributed by atoms with Gasteiger partial charge in [-0.3, -0.25) is 4.79 Å². The molecule has 1 aliphatic heterocycles. The van der Waals surface area contributed by atoms with E-state index in [-0.39, 0.29) is 23.0 Å². The monoisotopic (exact) mass is 502 g/mol. The second-order valence-electron chi connectivity index (χ2n) is 9.03. The highest BCUT2D eigenvalue weighted by atomic mass is 19.1. The van der Waals surface area contributed by atoms with E-state index in [1.807, 2.05) is 6.08 Å². The van der Waals surface area contributed by atoms with Crippen molar-refractivity contribution in [1.29, 1.82) is 0 Å². The molecule has 1 aliphatic carbocycles. The molecule has 2 unspecified atom stereocenters. The molecule has 5 rings (SSSR count). The first-order valence-corrected chi connectivity index (χ1v) is 12.0. The van der Waals surface area contributed by atoms with Gasteiger partial charge in [-0.25, -0.2) is 18.6 Å². The van der Waals surface area contributed by atoms with Crippen LogP contribution in [0, 0.1) is 17.6 Å². The summed E-state index contributed by atoms with van der Waals surface area (Å²) >= 11 is 0. The van der Waals surface area contributed by atoms with Crippen molar-refractivity contribution in [3.8, 4) is 5.75 Å². The summed E-state index contributed by atoms with van der Waals surface area (Å²) in [5.74, 6) is -2.46. The minimum absolute atomic E-state index is 0.0451.